The van der Waals surface area contributed by atoms with Crippen LogP contribution in [-0.2, 0) is 16.0 Å². The number of carbonyl (C=O) groups excluding carboxylic acids is 1. The van der Waals surface area contributed by atoms with Crippen LogP contribution < -0.4 is 5.56 Å². The fraction of sp³-hybridized carbons (Fsp3) is 0.421. The predicted octanol–water partition coefficient (Wildman–Crippen LogP) is 3.54. The molecule has 2 heterocycles. The molecule has 138 valence electrons. The van der Waals surface area contributed by atoms with Crippen LogP contribution in [0.15, 0.2) is 33.0 Å². The summed E-state index contributed by atoms with van der Waals surface area (Å²) in [7, 11) is 1.38. The molecular weight excluding hydrogens is 368 g/mol. The number of thioether (sulfide) groups is 2. The molecular formula is C19H22N2O3S2. The lowest BCUT2D eigenvalue weighted by Crippen LogP contribution is -2.26. The number of aryl methyl sites for hydroxylation is 3. The molecule has 1 aliphatic rings. The van der Waals surface area contributed by atoms with Crippen LogP contribution >= 0.6 is 23.5 Å². The highest BCUT2D eigenvalue weighted by atomic mass is 32.2. The van der Waals surface area contributed by atoms with Gasteiger partial charge in [0.1, 0.15) is 5.25 Å². The number of hydrogen-bond donors (Lipinski definition) is 0. The van der Waals surface area contributed by atoms with Crippen molar-refractivity contribution in [1.29, 1.82) is 0 Å². The van der Waals surface area contributed by atoms with Crippen LogP contribution in [0.25, 0.3) is 5.69 Å². The summed E-state index contributed by atoms with van der Waals surface area (Å²) >= 11 is 2.86. The van der Waals surface area contributed by atoms with Crippen LogP contribution in [0, 0.1) is 13.8 Å². The van der Waals surface area contributed by atoms with E-state index in [1.807, 2.05) is 32.9 Å². The van der Waals surface area contributed by atoms with E-state index in [4.69, 9.17) is 9.72 Å². The van der Waals surface area contributed by atoms with E-state index in [-0.39, 0.29) is 11.5 Å². The molecule has 1 unspecified atom stereocenters. The Bertz CT molecular complexity index is 888. The Kier molecular flexibility index (Phi) is 5.77. The average Bonchev–Trinajstić information content (AvgIpc) is 3.07. The highest BCUT2D eigenvalue weighted by molar-refractivity contribution is 8.00. The molecule has 0 bridgehead atoms. The highest BCUT2D eigenvalue weighted by Crippen LogP contribution is 2.32. The van der Waals surface area contributed by atoms with E-state index in [1.165, 1.54) is 18.9 Å². The number of aromatic nitrogens is 2. The molecule has 26 heavy (non-hydrogen) atoms. The van der Waals surface area contributed by atoms with Gasteiger partial charge in [-0.2, -0.15) is 0 Å². The molecule has 1 aliphatic heterocycles. The van der Waals surface area contributed by atoms with Gasteiger partial charge in [-0.1, -0.05) is 24.8 Å². The number of fused-ring (bicyclic) bond motifs is 1. The molecule has 0 radical (unpaired) electrons. The lowest BCUT2D eigenvalue weighted by Gasteiger charge is -2.18. The Morgan fingerprint density at radius 2 is 2.04 bits per heavy atom. The van der Waals surface area contributed by atoms with E-state index in [2.05, 4.69) is 6.07 Å². The van der Waals surface area contributed by atoms with Crippen LogP contribution in [0.2, 0.25) is 0 Å². The van der Waals surface area contributed by atoms with E-state index in [1.54, 1.807) is 16.3 Å². The second-order valence-corrected chi connectivity index (χ2v) is 8.57. The van der Waals surface area contributed by atoms with Crippen molar-refractivity contribution >= 4 is 29.5 Å². The maximum atomic E-state index is 13.2. The van der Waals surface area contributed by atoms with Crippen molar-refractivity contribution in [1.82, 2.24) is 9.55 Å². The third-order valence-electron chi connectivity index (χ3n) is 4.21. The van der Waals surface area contributed by atoms with Gasteiger partial charge in [-0.05, 0) is 43.5 Å². The quantitative estimate of drug-likeness (QED) is 0.442. The lowest BCUT2D eigenvalue weighted by atomic mass is 10.1. The molecule has 1 aromatic carbocycles. The van der Waals surface area contributed by atoms with Gasteiger partial charge in [0, 0.05) is 12.2 Å². The molecule has 0 aliphatic carbocycles. The van der Waals surface area contributed by atoms with Gasteiger partial charge in [0.05, 0.1) is 23.4 Å². The molecule has 3 rings (SSSR count). The highest BCUT2D eigenvalue weighted by Gasteiger charge is 2.26. The number of nitrogens with zero attached hydrogens (tertiary/aromatic N) is 2. The van der Waals surface area contributed by atoms with Crippen molar-refractivity contribution in [2.24, 2.45) is 0 Å². The van der Waals surface area contributed by atoms with Crippen molar-refractivity contribution in [3.8, 4) is 5.69 Å². The Labute approximate surface area is 161 Å². The molecule has 0 amide bonds. The number of methoxy groups -OCH3 is 1. The zero-order valence-electron chi connectivity index (χ0n) is 15.4. The van der Waals surface area contributed by atoms with Gasteiger partial charge in [-0.3, -0.25) is 14.2 Å². The lowest BCUT2D eigenvalue weighted by molar-refractivity contribution is -0.140. The predicted molar refractivity (Wildman–Crippen MR) is 106 cm³/mol. The SMILES string of the molecule is CCC(Sc1nc2c(c(=O)n1-c1cc(C)cc(C)c1)SCC2)C(=O)OC. The summed E-state index contributed by atoms with van der Waals surface area (Å²) in [5.74, 6) is 0.570. The van der Waals surface area contributed by atoms with Gasteiger partial charge < -0.3 is 4.74 Å². The van der Waals surface area contributed by atoms with Crippen molar-refractivity contribution in [2.45, 2.75) is 48.9 Å². The first-order valence-electron chi connectivity index (χ1n) is 8.56. The zero-order chi connectivity index (χ0) is 18.8. The van der Waals surface area contributed by atoms with Crippen molar-refractivity contribution in [3.63, 3.8) is 0 Å². The van der Waals surface area contributed by atoms with Crippen LogP contribution in [0.5, 0.6) is 0 Å². The minimum Gasteiger partial charge on any atom is -0.468 e. The van der Waals surface area contributed by atoms with Gasteiger partial charge in [-0.15, -0.1) is 11.8 Å². The zero-order valence-corrected chi connectivity index (χ0v) is 17.0. The molecule has 0 saturated carbocycles. The minimum atomic E-state index is -0.392. The van der Waals surface area contributed by atoms with Crippen molar-refractivity contribution < 1.29 is 9.53 Å². The maximum absolute atomic E-state index is 13.2. The van der Waals surface area contributed by atoms with Gasteiger partial charge in [-0.25, -0.2) is 4.98 Å². The molecule has 0 spiro atoms. The minimum absolute atomic E-state index is 0.0512. The number of benzene rings is 1. The topological polar surface area (TPSA) is 61.2 Å². The molecule has 0 fully saturated rings. The summed E-state index contributed by atoms with van der Waals surface area (Å²) in [6, 6.07) is 6.02. The summed E-state index contributed by atoms with van der Waals surface area (Å²) in [6.45, 7) is 5.94. The number of ether oxygens (including phenoxy) is 1. The van der Waals surface area contributed by atoms with E-state index < -0.39 is 5.25 Å². The Hall–Kier alpha value is -1.73. The number of carbonyl (C=O) groups is 1. The van der Waals surface area contributed by atoms with Gasteiger partial charge in [0.15, 0.2) is 5.16 Å². The monoisotopic (exact) mass is 390 g/mol. The fourth-order valence-electron chi connectivity index (χ4n) is 3.04. The van der Waals surface area contributed by atoms with E-state index >= 15 is 0 Å². The Balaban J connectivity index is 2.18. The van der Waals surface area contributed by atoms with Gasteiger partial charge >= 0.3 is 5.97 Å². The maximum Gasteiger partial charge on any atom is 0.319 e. The summed E-state index contributed by atoms with van der Waals surface area (Å²) in [5.41, 5.74) is 3.73. The van der Waals surface area contributed by atoms with E-state index in [0.717, 1.165) is 39.6 Å². The van der Waals surface area contributed by atoms with E-state index in [0.29, 0.717) is 11.6 Å². The largest absolute Gasteiger partial charge is 0.468 e. The fourth-order valence-corrected chi connectivity index (χ4v) is 5.13. The Morgan fingerprint density at radius 3 is 2.65 bits per heavy atom. The first-order chi connectivity index (χ1) is 12.4. The second-order valence-electron chi connectivity index (χ2n) is 6.29. The number of hydrogen-bond acceptors (Lipinski definition) is 6. The van der Waals surface area contributed by atoms with E-state index in [9.17, 15) is 9.59 Å². The summed E-state index contributed by atoms with van der Waals surface area (Å²) in [5, 5.41) is 0.162. The number of rotatable bonds is 5. The van der Waals surface area contributed by atoms with Gasteiger partial charge in [0.25, 0.3) is 5.56 Å². The molecule has 0 saturated heterocycles. The third-order valence-corrected chi connectivity index (χ3v) is 6.62. The van der Waals surface area contributed by atoms with Crippen molar-refractivity contribution in [3.05, 3.63) is 45.4 Å². The third kappa shape index (κ3) is 3.69. The summed E-state index contributed by atoms with van der Waals surface area (Å²) in [4.78, 5) is 30.7. The molecule has 1 aromatic heterocycles. The second kappa shape index (κ2) is 7.88. The van der Waals surface area contributed by atoms with Crippen LogP contribution in [0.3, 0.4) is 0 Å². The smallest absolute Gasteiger partial charge is 0.319 e. The van der Waals surface area contributed by atoms with Crippen LogP contribution in [0.1, 0.15) is 30.2 Å². The van der Waals surface area contributed by atoms with Crippen molar-refractivity contribution in [2.75, 3.05) is 12.9 Å². The molecule has 5 nitrogen and oxygen atoms in total. The normalized spacial score (nSPS) is 14.2. The summed E-state index contributed by atoms with van der Waals surface area (Å²) in [6.07, 6.45) is 1.39. The first kappa shape index (κ1) is 19.0. The molecule has 1 atom stereocenters. The van der Waals surface area contributed by atoms with Gasteiger partial charge in [0.2, 0.25) is 0 Å². The Morgan fingerprint density at radius 1 is 1.35 bits per heavy atom. The number of esters is 1. The molecule has 7 heteroatoms. The van der Waals surface area contributed by atoms with Crippen LogP contribution in [-0.4, -0.2) is 33.6 Å². The summed E-state index contributed by atoms with van der Waals surface area (Å²) < 4.78 is 6.55. The van der Waals surface area contributed by atoms with Crippen LogP contribution in [0.4, 0.5) is 0 Å². The average molecular weight is 391 g/mol. The molecule has 2 aromatic rings. The standard InChI is InChI=1S/C19H22N2O3S2/c1-5-15(18(23)24-4)26-19-20-14-6-7-25-16(14)17(22)21(19)13-9-11(2)8-12(3)10-13/h8-10,15H,5-7H2,1-4H3. The molecule has 0 N–H and O–H groups in total. The first-order valence-corrected chi connectivity index (χ1v) is 10.4.